The summed E-state index contributed by atoms with van der Waals surface area (Å²) in [5.41, 5.74) is 2.99. The molecule has 1 saturated carbocycles. The number of aromatic amines is 2. The number of amides is 1. The molecule has 24 heavy (non-hydrogen) atoms. The SMILES string of the molecule is CCC1CCc2[nH]c(=O)c(C(=O)Nc3[nH]ncc3C3CC3)cc2C1. The summed E-state index contributed by atoms with van der Waals surface area (Å²) in [4.78, 5) is 27.8. The van der Waals surface area contributed by atoms with Crippen LogP contribution in [0.2, 0.25) is 0 Å². The van der Waals surface area contributed by atoms with Gasteiger partial charge in [0.1, 0.15) is 11.4 Å². The van der Waals surface area contributed by atoms with E-state index in [4.69, 9.17) is 0 Å². The summed E-state index contributed by atoms with van der Waals surface area (Å²) in [6.07, 6.45) is 8.05. The van der Waals surface area contributed by atoms with Crippen LogP contribution in [0.5, 0.6) is 0 Å². The number of hydrogen-bond acceptors (Lipinski definition) is 3. The second-order valence-corrected chi connectivity index (χ2v) is 6.96. The van der Waals surface area contributed by atoms with Crippen LogP contribution in [0.3, 0.4) is 0 Å². The molecule has 1 fully saturated rings. The van der Waals surface area contributed by atoms with Gasteiger partial charge in [0, 0.05) is 11.3 Å². The second-order valence-electron chi connectivity index (χ2n) is 6.96. The monoisotopic (exact) mass is 326 g/mol. The topological polar surface area (TPSA) is 90.6 Å². The Balaban J connectivity index is 1.60. The maximum Gasteiger partial charge on any atom is 0.262 e. The van der Waals surface area contributed by atoms with Gasteiger partial charge < -0.3 is 10.3 Å². The van der Waals surface area contributed by atoms with Crippen molar-refractivity contribution in [3.8, 4) is 0 Å². The van der Waals surface area contributed by atoms with E-state index in [0.717, 1.165) is 55.3 Å². The van der Waals surface area contributed by atoms with Gasteiger partial charge in [-0.3, -0.25) is 14.7 Å². The molecule has 0 aliphatic heterocycles. The third kappa shape index (κ3) is 2.77. The second kappa shape index (κ2) is 5.92. The summed E-state index contributed by atoms with van der Waals surface area (Å²) >= 11 is 0. The van der Waals surface area contributed by atoms with Gasteiger partial charge in [0.2, 0.25) is 0 Å². The lowest BCUT2D eigenvalue weighted by molar-refractivity contribution is 0.102. The van der Waals surface area contributed by atoms with Gasteiger partial charge in [-0.2, -0.15) is 5.10 Å². The number of fused-ring (bicyclic) bond motifs is 1. The molecule has 2 aromatic rings. The molecule has 0 saturated heterocycles. The Morgan fingerprint density at radius 2 is 2.21 bits per heavy atom. The molecule has 0 bridgehead atoms. The molecular formula is C18H22N4O2. The average molecular weight is 326 g/mol. The number of carbonyl (C=O) groups is 1. The van der Waals surface area contributed by atoms with Crippen molar-refractivity contribution in [2.24, 2.45) is 5.92 Å². The zero-order valence-electron chi connectivity index (χ0n) is 13.8. The first-order valence-electron chi connectivity index (χ1n) is 8.75. The minimum Gasteiger partial charge on any atom is -0.325 e. The molecule has 1 atom stereocenters. The van der Waals surface area contributed by atoms with Gasteiger partial charge in [-0.1, -0.05) is 13.3 Å². The highest BCUT2D eigenvalue weighted by Crippen LogP contribution is 2.42. The lowest BCUT2D eigenvalue weighted by Crippen LogP contribution is -2.27. The van der Waals surface area contributed by atoms with Crippen LogP contribution in [0.1, 0.15) is 65.7 Å². The maximum atomic E-state index is 12.6. The Morgan fingerprint density at radius 1 is 1.38 bits per heavy atom. The molecule has 2 aliphatic carbocycles. The molecule has 1 amide bonds. The molecule has 126 valence electrons. The summed E-state index contributed by atoms with van der Waals surface area (Å²) in [5.74, 6) is 1.36. The van der Waals surface area contributed by atoms with E-state index in [1.165, 1.54) is 0 Å². The van der Waals surface area contributed by atoms with Gasteiger partial charge in [0.25, 0.3) is 11.5 Å². The number of hydrogen-bond donors (Lipinski definition) is 3. The summed E-state index contributed by atoms with van der Waals surface area (Å²) in [6, 6.07) is 1.78. The minimum atomic E-state index is -0.371. The van der Waals surface area contributed by atoms with Crippen molar-refractivity contribution in [3.63, 3.8) is 0 Å². The number of aromatic nitrogens is 3. The van der Waals surface area contributed by atoms with Crippen molar-refractivity contribution in [2.45, 2.75) is 51.4 Å². The number of nitrogens with zero attached hydrogens (tertiary/aromatic N) is 1. The zero-order valence-corrected chi connectivity index (χ0v) is 13.8. The summed E-state index contributed by atoms with van der Waals surface area (Å²) in [5, 5.41) is 9.67. The summed E-state index contributed by atoms with van der Waals surface area (Å²) in [6.45, 7) is 2.19. The molecule has 2 aliphatic rings. The first kappa shape index (κ1) is 15.2. The van der Waals surface area contributed by atoms with Crippen LogP contribution in [-0.2, 0) is 12.8 Å². The van der Waals surface area contributed by atoms with Crippen molar-refractivity contribution in [3.05, 3.63) is 45.0 Å². The van der Waals surface area contributed by atoms with E-state index >= 15 is 0 Å². The fourth-order valence-electron chi connectivity index (χ4n) is 3.58. The van der Waals surface area contributed by atoms with E-state index in [9.17, 15) is 9.59 Å². The van der Waals surface area contributed by atoms with Crippen molar-refractivity contribution in [1.82, 2.24) is 15.2 Å². The number of carbonyl (C=O) groups excluding carboxylic acids is 1. The van der Waals surface area contributed by atoms with Crippen molar-refractivity contribution >= 4 is 11.7 Å². The smallest absolute Gasteiger partial charge is 0.262 e. The Bertz CT molecular complexity index is 832. The normalized spacial score (nSPS) is 19.8. The minimum absolute atomic E-state index is 0.182. The van der Waals surface area contributed by atoms with Crippen molar-refractivity contribution in [2.75, 3.05) is 5.32 Å². The van der Waals surface area contributed by atoms with E-state index in [1.54, 1.807) is 12.3 Å². The Kier molecular flexibility index (Phi) is 3.75. The third-order valence-corrected chi connectivity index (χ3v) is 5.27. The number of aryl methyl sites for hydroxylation is 1. The first-order chi connectivity index (χ1) is 11.7. The van der Waals surface area contributed by atoms with E-state index in [0.29, 0.717) is 17.7 Å². The third-order valence-electron chi connectivity index (χ3n) is 5.27. The fourth-order valence-corrected chi connectivity index (χ4v) is 3.58. The summed E-state index contributed by atoms with van der Waals surface area (Å²) < 4.78 is 0. The molecule has 6 nitrogen and oxygen atoms in total. The first-order valence-corrected chi connectivity index (χ1v) is 8.75. The molecule has 2 aromatic heterocycles. The molecule has 0 radical (unpaired) electrons. The van der Waals surface area contributed by atoms with Gasteiger partial charge in [-0.15, -0.1) is 0 Å². The molecule has 3 N–H and O–H groups in total. The molecule has 0 aromatic carbocycles. The van der Waals surface area contributed by atoms with Crippen LogP contribution in [0, 0.1) is 5.92 Å². The highest BCUT2D eigenvalue weighted by atomic mass is 16.2. The molecule has 6 heteroatoms. The summed E-state index contributed by atoms with van der Waals surface area (Å²) in [7, 11) is 0. The number of H-pyrrole nitrogens is 2. The molecule has 0 spiro atoms. The van der Waals surface area contributed by atoms with E-state index in [-0.39, 0.29) is 17.0 Å². The molecular weight excluding hydrogens is 304 g/mol. The van der Waals surface area contributed by atoms with Gasteiger partial charge in [-0.25, -0.2) is 0 Å². The van der Waals surface area contributed by atoms with Crippen LogP contribution in [0.25, 0.3) is 0 Å². The Hall–Kier alpha value is -2.37. The Labute approximate surface area is 140 Å². The van der Waals surface area contributed by atoms with Gasteiger partial charge in [-0.05, 0) is 55.6 Å². The van der Waals surface area contributed by atoms with Crippen molar-refractivity contribution < 1.29 is 4.79 Å². The van der Waals surface area contributed by atoms with Gasteiger partial charge in [0.05, 0.1) is 6.20 Å². The highest BCUT2D eigenvalue weighted by molar-refractivity contribution is 6.04. The average Bonchev–Trinajstić information content (AvgIpc) is 3.33. The number of anilines is 1. The highest BCUT2D eigenvalue weighted by Gasteiger charge is 2.28. The van der Waals surface area contributed by atoms with Crippen molar-refractivity contribution in [1.29, 1.82) is 0 Å². The number of nitrogens with one attached hydrogen (secondary N) is 3. The van der Waals surface area contributed by atoms with Crippen LogP contribution < -0.4 is 10.9 Å². The van der Waals surface area contributed by atoms with E-state index in [2.05, 4.69) is 27.4 Å². The lowest BCUT2D eigenvalue weighted by Gasteiger charge is -2.23. The Morgan fingerprint density at radius 3 is 2.96 bits per heavy atom. The number of pyridine rings is 1. The number of rotatable bonds is 4. The molecule has 4 rings (SSSR count). The van der Waals surface area contributed by atoms with Crippen LogP contribution in [0.4, 0.5) is 5.82 Å². The van der Waals surface area contributed by atoms with E-state index < -0.39 is 0 Å². The largest absolute Gasteiger partial charge is 0.325 e. The van der Waals surface area contributed by atoms with Gasteiger partial charge >= 0.3 is 0 Å². The molecule has 1 unspecified atom stereocenters. The standard InChI is InChI=1S/C18H22N4O2/c1-2-10-3-6-15-12(7-10)8-13(17(23)20-15)18(24)21-16-14(9-19-22-16)11-4-5-11/h8-11H,2-7H2,1H3,(H,20,23)(H2,19,21,22,24). The maximum absolute atomic E-state index is 12.6. The lowest BCUT2D eigenvalue weighted by atomic mass is 9.84. The van der Waals surface area contributed by atoms with Crippen LogP contribution >= 0.6 is 0 Å². The fraction of sp³-hybridized carbons (Fsp3) is 0.500. The predicted molar refractivity (Wildman–Crippen MR) is 91.4 cm³/mol. The zero-order chi connectivity index (χ0) is 16.7. The van der Waals surface area contributed by atoms with Gasteiger partial charge in [0.15, 0.2) is 0 Å². The quantitative estimate of drug-likeness (QED) is 0.807. The molecule has 2 heterocycles. The van der Waals surface area contributed by atoms with E-state index in [1.807, 2.05) is 0 Å². The van der Waals surface area contributed by atoms with Crippen LogP contribution in [-0.4, -0.2) is 21.1 Å². The van der Waals surface area contributed by atoms with Crippen LogP contribution in [0.15, 0.2) is 17.1 Å². The predicted octanol–water partition coefficient (Wildman–Crippen LogP) is 2.74.